The molecule has 3 nitrogen and oxygen atoms in total. The molecule has 0 aliphatic rings. The van der Waals surface area contributed by atoms with E-state index in [1.54, 1.807) is 13.2 Å². The summed E-state index contributed by atoms with van der Waals surface area (Å²) in [5, 5.41) is 0. The SMILES string of the molecule is COCc1cc(OC)c(F)cc1CC(C)(C)N. The Labute approximate surface area is 102 Å². The summed E-state index contributed by atoms with van der Waals surface area (Å²) in [6.45, 7) is 4.24. The minimum absolute atomic E-state index is 0.232. The van der Waals surface area contributed by atoms with E-state index in [-0.39, 0.29) is 17.1 Å². The molecule has 4 heteroatoms. The van der Waals surface area contributed by atoms with Crippen molar-refractivity contribution in [1.29, 1.82) is 0 Å². The van der Waals surface area contributed by atoms with Crippen molar-refractivity contribution in [3.05, 3.63) is 29.1 Å². The van der Waals surface area contributed by atoms with Gasteiger partial charge in [0, 0.05) is 12.6 Å². The molecule has 2 N–H and O–H groups in total. The largest absolute Gasteiger partial charge is 0.494 e. The van der Waals surface area contributed by atoms with Gasteiger partial charge in [-0.15, -0.1) is 0 Å². The fourth-order valence-electron chi connectivity index (χ4n) is 1.74. The van der Waals surface area contributed by atoms with Gasteiger partial charge in [0.15, 0.2) is 11.6 Å². The summed E-state index contributed by atoms with van der Waals surface area (Å²) in [7, 11) is 3.05. The number of halogens is 1. The topological polar surface area (TPSA) is 44.5 Å². The standard InChI is InChI=1S/C13H20FNO2/c1-13(2,15)7-9-5-11(14)12(17-4)6-10(9)8-16-3/h5-6H,7-8,15H2,1-4H3. The van der Waals surface area contributed by atoms with E-state index >= 15 is 0 Å². The molecule has 1 aromatic carbocycles. The lowest BCUT2D eigenvalue weighted by molar-refractivity contribution is 0.183. The molecule has 0 aromatic heterocycles. The summed E-state index contributed by atoms with van der Waals surface area (Å²) < 4.78 is 23.7. The highest BCUT2D eigenvalue weighted by molar-refractivity contribution is 5.37. The smallest absolute Gasteiger partial charge is 0.165 e. The van der Waals surface area contributed by atoms with Gasteiger partial charge >= 0.3 is 0 Å². The van der Waals surface area contributed by atoms with E-state index in [1.807, 2.05) is 13.8 Å². The van der Waals surface area contributed by atoms with Crippen LogP contribution in [0.25, 0.3) is 0 Å². The average molecular weight is 241 g/mol. The van der Waals surface area contributed by atoms with Gasteiger partial charge < -0.3 is 15.2 Å². The fourth-order valence-corrected chi connectivity index (χ4v) is 1.74. The van der Waals surface area contributed by atoms with Crippen LogP contribution in [-0.2, 0) is 17.8 Å². The van der Waals surface area contributed by atoms with E-state index in [4.69, 9.17) is 15.2 Å². The summed E-state index contributed by atoms with van der Waals surface area (Å²) in [5.74, 6) is -0.137. The number of hydrogen-bond donors (Lipinski definition) is 1. The molecule has 0 bridgehead atoms. The molecule has 0 saturated carbocycles. The average Bonchev–Trinajstić information content (AvgIpc) is 2.20. The van der Waals surface area contributed by atoms with Crippen molar-refractivity contribution < 1.29 is 13.9 Å². The highest BCUT2D eigenvalue weighted by Gasteiger charge is 2.17. The van der Waals surface area contributed by atoms with Crippen LogP contribution < -0.4 is 10.5 Å². The fraction of sp³-hybridized carbons (Fsp3) is 0.538. The normalized spacial score (nSPS) is 11.6. The number of nitrogens with two attached hydrogens (primary N) is 1. The van der Waals surface area contributed by atoms with E-state index in [0.29, 0.717) is 13.0 Å². The Morgan fingerprint density at radius 1 is 1.24 bits per heavy atom. The minimum atomic E-state index is -0.385. The van der Waals surface area contributed by atoms with Crippen molar-refractivity contribution in [3.63, 3.8) is 0 Å². The zero-order valence-electron chi connectivity index (χ0n) is 10.8. The molecule has 17 heavy (non-hydrogen) atoms. The van der Waals surface area contributed by atoms with E-state index in [9.17, 15) is 4.39 Å². The molecule has 0 heterocycles. The maximum absolute atomic E-state index is 13.6. The second kappa shape index (κ2) is 5.47. The van der Waals surface area contributed by atoms with Crippen LogP contribution in [0.3, 0.4) is 0 Å². The van der Waals surface area contributed by atoms with Gasteiger partial charge in [0.1, 0.15) is 0 Å². The second-order valence-electron chi connectivity index (χ2n) is 4.85. The van der Waals surface area contributed by atoms with Crippen LogP contribution in [0.1, 0.15) is 25.0 Å². The highest BCUT2D eigenvalue weighted by atomic mass is 19.1. The third-order valence-corrected chi connectivity index (χ3v) is 2.42. The Morgan fingerprint density at radius 2 is 1.88 bits per heavy atom. The van der Waals surface area contributed by atoms with Crippen molar-refractivity contribution in [3.8, 4) is 5.75 Å². The van der Waals surface area contributed by atoms with Crippen LogP contribution in [0.2, 0.25) is 0 Å². The van der Waals surface area contributed by atoms with Gasteiger partial charge in [-0.05, 0) is 43.5 Å². The van der Waals surface area contributed by atoms with Gasteiger partial charge in [-0.25, -0.2) is 4.39 Å². The van der Waals surface area contributed by atoms with Crippen LogP contribution in [0.5, 0.6) is 5.75 Å². The second-order valence-corrected chi connectivity index (χ2v) is 4.85. The predicted molar refractivity (Wildman–Crippen MR) is 65.6 cm³/mol. The Bertz CT molecular complexity index is 386. The summed E-state index contributed by atoms with van der Waals surface area (Å²) in [6, 6.07) is 3.14. The summed E-state index contributed by atoms with van der Waals surface area (Å²) in [4.78, 5) is 0. The van der Waals surface area contributed by atoms with E-state index in [0.717, 1.165) is 11.1 Å². The molecule has 0 spiro atoms. The first-order chi connectivity index (χ1) is 7.87. The first-order valence-corrected chi connectivity index (χ1v) is 5.50. The zero-order chi connectivity index (χ0) is 13.1. The minimum Gasteiger partial charge on any atom is -0.494 e. The molecule has 0 aliphatic carbocycles. The number of ether oxygens (including phenoxy) is 2. The van der Waals surface area contributed by atoms with Gasteiger partial charge in [-0.3, -0.25) is 0 Å². The van der Waals surface area contributed by atoms with Gasteiger partial charge in [-0.1, -0.05) is 0 Å². The molecule has 0 unspecified atom stereocenters. The van der Waals surface area contributed by atoms with E-state index < -0.39 is 0 Å². The Kier molecular flexibility index (Phi) is 4.48. The van der Waals surface area contributed by atoms with Crippen LogP contribution in [0, 0.1) is 5.82 Å². The molecule has 1 aromatic rings. The van der Waals surface area contributed by atoms with Gasteiger partial charge in [-0.2, -0.15) is 0 Å². The molecule has 0 atom stereocenters. The quantitative estimate of drug-likeness (QED) is 0.860. The molecule has 1 rings (SSSR count). The summed E-state index contributed by atoms with van der Waals surface area (Å²) in [6.07, 6.45) is 0.590. The lowest BCUT2D eigenvalue weighted by Crippen LogP contribution is -2.34. The summed E-state index contributed by atoms with van der Waals surface area (Å²) in [5.41, 5.74) is 7.34. The third-order valence-electron chi connectivity index (χ3n) is 2.42. The van der Waals surface area contributed by atoms with Crippen molar-refractivity contribution in [2.24, 2.45) is 5.73 Å². The van der Waals surface area contributed by atoms with Crippen LogP contribution >= 0.6 is 0 Å². The highest BCUT2D eigenvalue weighted by Crippen LogP contribution is 2.25. The molecule has 0 aliphatic heterocycles. The molecule has 0 radical (unpaired) electrons. The van der Waals surface area contributed by atoms with Crippen molar-refractivity contribution in [1.82, 2.24) is 0 Å². The number of rotatable bonds is 5. The molecule has 0 amide bonds. The lowest BCUT2D eigenvalue weighted by Gasteiger charge is -2.21. The van der Waals surface area contributed by atoms with Crippen LogP contribution in [0.4, 0.5) is 4.39 Å². The number of methoxy groups -OCH3 is 2. The first-order valence-electron chi connectivity index (χ1n) is 5.50. The van der Waals surface area contributed by atoms with Crippen LogP contribution in [-0.4, -0.2) is 19.8 Å². The monoisotopic (exact) mass is 241 g/mol. The lowest BCUT2D eigenvalue weighted by atomic mass is 9.93. The summed E-state index contributed by atoms with van der Waals surface area (Å²) >= 11 is 0. The maximum atomic E-state index is 13.6. The number of benzene rings is 1. The molecule has 0 saturated heterocycles. The van der Waals surface area contributed by atoms with Crippen molar-refractivity contribution in [2.45, 2.75) is 32.4 Å². The van der Waals surface area contributed by atoms with Crippen LogP contribution in [0.15, 0.2) is 12.1 Å². The molecular formula is C13H20FNO2. The Hall–Kier alpha value is -1.13. The predicted octanol–water partition coefficient (Wildman–Crippen LogP) is 2.26. The zero-order valence-corrected chi connectivity index (χ0v) is 10.8. The molecule has 0 fully saturated rings. The molecule has 96 valence electrons. The van der Waals surface area contributed by atoms with Gasteiger partial charge in [0.2, 0.25) is 0 Å². The first kappa shape index (κ1) is 13.9. The van der Waals surface area contributed by atoms with Crippen molar-refractivity contribution in [2.75, 3.05) is 14.2 Å². The van der Waals surface area contributed by atoms with Crippen molar-refractivity contribution >= 4 is 0 Å². The van der Waals surface area contributed by atoms with E-state index in [2.05, 4.69) is 0 Å². The Balaban J connectivity index is 3.13. The van der Waals surface area contributed by atoms with Gasteiger partial charge in [0.25, 0.3) is 0 Å². The van der Waals surface area contributed by atoms with E-state index in [1.165, 1.54) is 13.2 Å². The third kappa shape index (κ3) is 3.98. The number of hydrogen-bond acceptors (Lipinski definition) is 3. The maximum Gasteiger partial charge on any atom is 0.165 e. The Morgan fingerprint density at radius 3 is 2.35 bits per heavy atom. The van der Waals surface area contributed by atoms with Gasteiger partial charge in [0.05, 0.1) is 13.7 Å². The molecular weight excluding hydrogens is 221 g/mol.